The third kappa shape index (κ3) is 7.70. The molecule has 7 aliphatic rings. The van der Waals surface area contributed by atoms with Crippen LogP contribution in [0.4, 0.5) is 0 Å². The summed E-state index contributed by atoms with van der Waals surface area (Å²) in [6.07, 6.45) is 7.89. The summed E-state index contributed by atoms with van der Waals surface area (Å²) in [6, 6.07) is 14.7. The topological polar surface area (TPSA) is 177 Å². The molecule has 352 valence electrons. The zero-order valence-corrected chi connectivity index (χ0v) is 41.6. The number of fused-ring (bicyclic) bond motifs is 12. The van der Waals surface area contributed by atoms with E-state index < -0.39 is 0 Å². The Labute approximate surface area is 407 Å². The van der Waals surface area contributed by atoms with Crippen LogP contribution in [-0.2, 0) is 0 Å². The number of aryl methyl sites for hydroxylation is 4. The summed E-state index contributed by atoms with van der Waals surface area (Å²) >= 11 is 0. The molecule has 7 aromatic heterocycles. The summed E-state index contributed by atoms with van der Waals surface area (Å²) in [5.74, 6) is 9.33. The molecule has 70 heavy (non-hydrogen) atoms. The van der Waals surface area contributed by atoms with Gasteiger partial charge in [-0.2, -0.15) is 0 Å². The van der Waals surface area contributed by atoms with Gasteiger partial charge in [0.15, 0.2) is 33.9 Å². The second kappa shape index (κ2) is 16.9. The third-order valence-electron chi connectivity index (χ3n) is 15.9. The summed E-state index contributed by atoms with van der Waals surface area (Å²) < 4.78 is 0. The van der Waals surface area contributed by atoms with Gasteiger partial charge in [-0.3, -0.25) is 0 Å². The van der Waals surface area contributed by atoms with Crippen molar-refractivity contribution in [1.29, 1.82) is 0 Å². The predicted molar refractivity (Wildman–Crippen MR) is 285 cm³/mol. The number of amidine groups is 6. The minimum atomic E-state index is 0.425. The third-order valence-corrected chi connectivity index (χ3v) is 15.9. The SMILES string of the molecule is C=C1N=C2N=C3N=C4N=C5N=C6N=C7N=C(C)C(C)CC7CC6CC5CC4CC3CC2CC1C.CC.Cc1cc2cc3cc4cc5cc6cc7cc(C)c(C)nc7nc6nc5nc4nc3nc2nc1C. The number of hydrogen-bond donors (Lipinski definition) is 0. The van der Waals surface area contributed by atoms with Crippen molar-refractivity contribution in [3.63, 3.8) is 0 Å². The lowest BCUT2D eigenvalue weighted by Crippen LogP contribution is -2.43. The van der Waals surface area contributed by atoms with Crippen LogP contribution in [-0.4, -0.2) is 75.6 Å². The first-order valence-corrected chi connectivity index (χ1v) is 25.3. The highest BCUT2D eigenvalue weighted by Gasteiger charge is 2.45. The van der Waals surface area contributed by atoms with Gasteiger partial charge in [0.2, 0.25) is 0 Å². The minimum Gasteiger partial charge on any atom is -0.242 e. The molecule has 7 aliphatic heterocycles. The van der Waals surface area contributed by atoms with Crippen LogP contribution in [0.25, 0.3) is 66.2 Å². The van der Waals surface area contributed by atoms with Crippen LogP contribution in [0.1, 0.15) is 102 Å². The van der Waals surface area contributed by atoms with Crippen LogP contribution in [0.15, 0.2) is 89.7 Å². The predicted octanol–water partition coefficient (Wildman–Crippen LogP) is 11.8. The zero-order chi connectivity index (χ0) is 48.3. The van der Waals surface area contributed by atoms with Crippen molar-refractivity contribution in [2.45, 2.75) is 107 Å². The van der Waals surface area contributed by atoms with Gasteiger partial charge in [0.1, 0.15) is 35.0 Å². The van der Waals surface area contributed by atoms with Crippen molar-refractivity contribution in [3.05, 3.63) is 77.3 Å². The van der Waals surface area contributed by atoms with Crippen molar-refractivity contribution < 1.29 is 0 Å². The lowest BCUT2D eigenvalue weighted by Gasteiger charge is -2.41. The van der Waals surface area contributed by atoms with Gasteiger partial charge in [0, 0.05) is 90.6 Å². The van der Waals surface area contributed by atoms with E-state index in [1.165, 1.54) is 12.1 Å². The van der Waals surface area contributed by atoms with E-state index in [2.05, 4.69) is 93.6 Å². The van der Waals surface area contributed by atoms with Gasteiger partial charge in [-0.05, 0) is 145 Å². The number of hydrogen-bond acceptors (Lipinski definition) is 14. The molecule has 8 unspecified atom stereocenters. The summed E-state index contributed by atoms with van der Waals surface area (Å²) in [6.45, 7) is 22.9. The van der Waals surface area contributed by atoms with Crippen LogP contribution < -0.4 is 0 Å². The zero-order valence-electron chi connectivity index (χ0n) is 41.6. The van der Waals surface area contributed by atoms with Gasteiger partial charge < -0.3 is 0 Å². The number of aliphatic imine (C=N–C) groups is 7. The van der Waals surface area contributed by atoms with E-state index in [1.807, 2.05) is 27.7 Å². The molecule has 14 heterocycles. The maximum Gasteiger partial charge on any atom is 0.164 e. The maximum absolute atomic E-state index is 5.01. The van der Waals surface area contributed by atoms with Crippen molar-refractivity contribution in [3.8, 4) is 0 Å². The van der Waals surface area contributed by atoms with Crippen LogP contribution in [0.2, 0.25) is 0 Å². The van der Waals surface area contributed by atoms with Crippen LogP contribution >= 0.6 is 0 Å². The Bertz CT molecular complexity index is 3380. The van der Waals surface area contributed by atoms with E-state index in [0.29, 0.717) is 81.2 Å². The van der Waals surface area contributed by atoms with Crippen molar-refractivity contribution >= 4 is 107 Å². The normalized spacial score (nSPS) is 26.6. The second-order valence-corrected chi connectivity index (χ2v) is 20.7. The number of allylic oxidation sites excluding steroid dienone is 1. The molecule has 0 bridgehead atoms. The molecular formula is C56H58N14. The van der Waals surface area contributed by atoms with Crippen LogP contribution in [0.3, 0.4) is 0 Å². The average molecular weight is 927 g/mol. The van der Waals surface area contributed by atoms with Crippen molar-refractivity contribution in [1.82, 2.24) is 34.9 Å². The number of pyridine rings is 7. The summed E-state index contributed by atoms with van der Waals surface area (Å²) in [7, 11) is 0. The van der Waals surface area contributed by atoms with E-state index in [4.69, 9.17) is 59.9 Å². The summed E-state index contributed by atoms with van der Waals surface area (Å²) in [4.78, 5) is 67.3. The highest BCUT2D eigenvalue weighted by Crippen LogP contribution is 2.45. The fourth-order valence-corrected chi connectivity index (χ4v) is 11.6. The van der Waals surface area contributed by atoms with E-state index in [9.17, 15) is 0 Å². The number of aromatic nitrogens is 7. The Morgan fingerprint density at radius 3 is 0.971 bits per heavy atom. The van der Waals surface area contributed by atoms with Gasteiger partial charge in [0.05, 0.1) is 0 Å². The maximum atomic E-state index is 5.01. The largest absolute Gasteiger partial charge is 0.242 e. The first-order valence-electron chi connectivity index (χ1n) is 25.3. The summed E-state index contributed by atoms with van der Waals surface area (Å²) in [5.41, 5.74) is 10.2. The average Bonchev–Trinajstić information content (AvgIpc) is 3.33. The molecule has 0 N–H and O–H groups in total. The molecule has 0 fully saturated rings. The van der Waals surface area contributed by atoms with Crippen LogP contribution in [0.5, 0.6) is 0 Å². The minimum absolute atomic E-state index is 0.425. The quantitative estimate of drug-likeness (QED) is 0.136. The highest BCUT2D eigenvalue weighted by atomic mass is 15.1. The lowest BCUT2D eigenvalue weighted by atomic mass is 9.71. The van der Waals surface area contributed by atoms with E-state index in [-0.39, 0.29) is 0 Å². The standard InChI is InChI=1S/C27H33N7.C27H19N7.C2H6/c2*1-12-5-16-7-18-9-20-11-21-10-19-8-17-6-13(2)15(4)29-23(17)31-25(19)33-27(21)34-26(20)32-24(18)30-22(16)28-14(12)3;1-2/h12-13,16-21H,3,5-11H2,1-2,4H3;5-11H,1-4H3;1-2H3. The smallest absolute Gasteiger partial charge is 0.164 e. The Morgan fingerprint density at radius 1 is 0.343 bits per heavy atom. The second-order valence-electron chi connectivity index (χ2n) is 20.7. The van der Waals surface area contributed by atoms with Gasteiger partial charge >= 0.3 is 0 Å². The Hall–Kier alpha value is -6.96. The van der Waals surface area contributed by atoms with Gasteiger partial charge in [-0.15, -0.1) is 0 Å². The molecular weight excluding hydrogens is 869 g/mol. The van der Waals surface area contributed by atoms with Crippen LogP contribution in [0, 0.1) is 75.0 Å². The molecule has 8 atom stereocenters. The Morgan fingerprint density at radius 2 is 0.614 bits per heavy atom. The molecule has 0 saturated heterocycles. The molecule has 14 rings (SSSR count). The van der Waals surface area contributed by atoms with Crippen molar-refractivity contribution in [2.24, 2.45) is 82.3 Å². The molecule has 14 heteroatoms. The van der Waals surface area contributed by atoms with Gasteiger partial charge in [-0.1, -0.05) is 34.3 Å². The summed E-state index contributed by atoms with van der Waals surface area (Å²) in [5, 5.41) is 5.83. The van der Waals surface area contributed by atoms with Gasteiger partial charge in [0.25, 0.3) is 0 Å². The van der Waals surface area contributed by atoms with E-state index in [1.54, 1.807) is 0 Å². The molecule has 0 aliphatic carbocycles. The lowest BCUT2D eigenvalue weighted by molar-refractivity contribution is 0.337. The molecule has 7 aromatic rings. The first-order chi connectivity index (χ1) is 33.8. The Kier molecular flexibility index (Phi) is 10.7. The highest BCUT2D eigenvalue weighted by molar-refractivity contribution is 6.16. The Balaban J connectivity index is 0.000000139. The first kappa shape index (κ1) is 44.3. The van der Waals surface area contributed by atoms with Gasteiger partial charge in [-0.25, -0.2) is 69.8 Å². The molecule has 0 spiro atoms. The molecule has 14 nitrogen and oxygen atoms in total. The fourth-order valence-electron chi connectivity index (χ4n) is 11.6. The number of rotatable bonds is 0. The van der Waals surface area contributed by atoms with E-state index >= 15 is 0 Å². The molecule has 0 saturated carbocycles. The molecule has 0 aromatic carbocycles. The molecule has 0 amide bonds. The fraction of sp³-hybridized carbons (Fsp3) is 0.429. The molecule has 0 radical (unpaired) electrons. The number of nitrogens with zero attached hydrogens (tertiary/aromatic N) is 14. The van der Waals surface area contributed by atoms with Crippen molar-refractivity contribution in [2.75, 3.05) is 0 Å². The van der Waals surface area contributed by atoms with E-state index in [0.717, 1.165) is 134 Å². The monoisotopic (exact) mass is 926 g/mol.